The van der Waals surface area contributed by atoms with E-state index in [0.717, 1.165) is 27.6 Å². The Kier molecular flexibility index (Phi) is 5.69. The van der Waals surface area contributed by atoms with Gasteiger partial charge >= 0.3 is 0 Å². The van der Waals surface area contributed by atoms with Gasteiger partial charge in [0, 0.05) is 12.6 Å². The van der Waals surface area contributed by atoms with E-state index in [1.165, 1.54) is 0 Å². The number of aromatic nitrogens is 2. The third-order valence-electron chi connectivity index (χ3n) is 6.69. The van der Waals surface area contributed by atoms with E-state index in [9.17, 15) is 9.59 Å². The SMILES string of the molecule is Cc1ccc(-n2c(C(C)N(C)C(=O)c3cccc4ccccc34)nc3ccccc3c2=O)c(C)c1. The molecule has 0 fully saturated rings. The summed E-state index contributed by atoms with van der Waals surface area (Å²) in [5.74, 6) is 0.403. The number of aryl methyl sites for hydroxylation is 2. The number of fused-ring (bicyclic) bond motifs is 2. The van der Waals surface area contributed by atoms with Crippen LogP contribution in [0.15, 0.2) is 89.7 Å². The first-order valence-electron chi connectivity index (χ1n) is 11.7. The number of carbonyl (C=O) groups excluding carboxylic acids is 1. The van der Waals surface area contributed by atoms with Crippen LogP contribution in [0.5, 0.6) is 0 Å². The van der Waals surface area contributed by atoms with Gasteiger partial charge in [0.2, 0.25) is 0 Å². The van der Waals surface area contributed by atoms with E-state index in [0.29, 0.717) is 22.3 Å². The summed E-state index contributed by atoms with van der Waals surface area (Å²) in [6.45, 7) is 5.93. The number of benzene rings is 4. The molecule has 0 N–H and O–H groups in total. The Balaban J connectivity index is 1.68. The molecule has 0 aliphatic heterocycles. The zero-order chi connectivity index (χ0) is 24.7. The lowest BCUT2D eigenvalue weighted by atomic mass is 10.0. The molecule has 5 nitrogen and oxygen atoms in total. The van der Waals surface area contributed by atoms with Crippen LogP contribution >= 0.6 is 0 Å². The molecule has 1 amide bonds. The van der Waals surface area contributed by atoms with Gasteiger partial charge < -0.3 is 4.90 Å². The maximum absolute atomic E-state index is 13.7. The van der Waals surface area contributed by atoms with Crippen molar-refractivity contribution < 1.29 is 4.79 Å². The molecule has 5 heteroatoms. The first-order valence-corrected chi connectivity index (χ1v) is 11.7. The van der Waals surface area contributed by atoms with Crippen molar-refractivity contribution in [2.75, 3.05) is 7.05 Å². The van der Waals surface area contributed by atoms with Crippen molar-refractivity contribution in [2.24, 2.45) is 0 Å². The van der Waals surface area contributed by atoms with Gasteiger partial charge in [0.1, 0.15) is 5.82 Å². The number of nitrogens with zero attached hydrogens (tertiary/aromatic N) is 3. The van der Waals surface area contributed by atoms with E-state index >= 15 is 0 Å². The third-order valence-corrected chi connectivity index (χ3v) is 6.69. The highest BCUT2D eigenvalue weighted by Crippen LogP contribution is 2.27. The Morgan fingerprint density at radius 3 is 2.34 bits per heavy atom. The van der Waals surface area contributed by atoms with Crippen LogP contribution in [0.1, 0.15) is 40.3 Å². The van der Waals surface area contributed by atoms with Crippen LogP contribution in [-0.2, 0) is 0 Å². The van der Waals surface area contributed by atoms with Crippen LogP contribution < -0.4 is 5.56 Å². The van der Waals surface area contributed by atoms with E-state index in [2.05, 4.69) is 6.07 Å². The number of carbonyl (C=O) groups is 1. The van der Waals surface area contributed by atoms with Gasteiger partial charge in [-0.3, -0.25) is 14.2 Å². The van der Waals surface area contributed by atoms with Crippen LogP contribution in [0.3, 0.4) is 0 Å². The molecular formula is C30H27N3O2. The largest absolute Gasteiger partial charge is 0.332 e. The molecule has 1 atom stereocenters. The van der Waals surface area contributed by atoms with Crippen molar-refractivity contribution in [3.05, 3.63) is 118 Å². The van der Waals surface area contributed by atoms with Gasteiger partial charge in [-0.25, -0.2) is 4.98 Å². The zero-order valence-corrected chi connectivity index (χ0v) is 20.3. The molecule has 0 spiro atoms. The summed E-state index contributed by atoms with van der Waals surface area (Å²) in [6.07, 6.45) is 0. The molecule has 5 aromatic rings. The first kappa shape index (κ1) is 22.5. The fourth-order valence-corrected chi connectivity index (χ4v) is 4.67. The fourth-order valence-electron chi connectivity index (χ4n) is 4.67. The quantitative estimate of drug-likeness (QED) is 0.330. The van der Waals surface area contributed by atoms with E-state index in [1.54, 1.807) is 22.6 Å². The molecule has 4 aromatic carbocycles. The minimum atomic E-state index is -0.459. The Morgan fingerprint density at radius 1 is 0.886 bits per heavy atom. The predicted octanol–water partition coefficient (Wildman–Crippen LogP) is 5.99. The third kappa shape index (κ3) is 3.89. The lowest BCUT2D eigenvalue weighted by molar-refractivity contribution is 0.0737. The molecule has 174 valence electrons. The maximum atomic E-state index is 13.7. The summed E-state index contributed by atoms with van der Waals surface area (Å²) in [4.78, 5) is 34.0. The Morgan fingerprint density at radius 2 is 1.57 bits per heavy atom. The number of hydrogen-bond acceptors (Lipinski definition) is 3. The normalized spacial score (nSPS) is 12.1. The van der Waals surface area contributed by atoms with E-state index in [-0.39, 0.29) is 11.5 Å². The second-order valence-electron chi connectivity index (χ2n) is 9.04. The zero-order valence-electron chi connectivity index (χ0n) is 20.3. The summed E-state index contributed by atoms with van der Waals surface area (Å²) in [7, 11) is 1.77. The molecular weight excluding hydrogens is 434 g/mol. The molecule has 0 aliphatic carbocycles. The maximum Gasteiger partial charge on any atom is 0.266 e. The van der Waals surface area contributed by atoms with Crippen molar-refractivity contribution in [3.8, 4) is 5.69 Å². The predicted molar refractivity (Wildman–Crippen MR) is 141 cm³/mol. The van der Waals surface area contributed by atoms with E-state index in [1.807, 2.05) is 93.6 Å². The molecule has 1 unspecified atom stereocenters. The Labute approximate surface area is 204 Å². The second kappa shape index (κ2) is 8.84. The molecule has 35 heavy (non-hydrogen) atoms. The highest BCUT2D eigenvalue weighted by molar-refractivity contribution is 6.07. The monoisotopic (exact) mass is 461 g/mol. The van der Waals surface area contributed by atoms with Crippen molar-refractivity contribution in [2.45, 2.75) is 26.8 Å². The van der Waals surface area contributed by atoms with Gasteiger partial charge in [0.15, 0.2) is 0 Å². The van der Waals surface area contributed by atoms with E-state index in [4.69, 9.17) is 4.98 Å². The Hall–Kier alpha value is -4.25. The van der Waals surface area contributed by atoms with Gasteiger partial charge in [-0.05, 0) is 61.4 Å². The minimum Gasteiger partial charge on any atom is -0.332 e. The number of amides is 1. The second-order valence-corrected chi connectivity index (χ2v) is 9.04. The van der Waals surface area contributed by atoms with Crippen molar-refractivity contribution in [1.29, 1.82) is 0 Å². The van der Waals surface area contributed by atoms with Crippen LogP contribution in [-0.4, -0.2) is 27.4 Å². The number of hydrogen-bond donors (Lipinski definition) is 0. The molecule has 0 saturated heterocycles. The average molecular weight is 462 g/mol. The average Bonchev–Trinajstić information content (AvgIpc) is 2.87. The molecule has 5 rings (SSSR count). The number of para-hydroxylation sites is 1. The highest BCUT2D eigenvalue weighted by atomic mass is 16.2. The summed E-state index contributed by atoms with van der Waals surface area (Å²) < 4.78 is 1.66. The summed E-state index contributed by atoms with van der Waals surface area (Å²) in [5, 5.41) is 2.46. The van der Waals surface area contributed by atoms with Gasteiger partial charge in [-0.1, -0.05) is 66.2 Å². The van der Waals surface area contributed by atoms with Gasteiger partial charge in [-0.15, -0.1) is 0 Å². The van der Waals surface area contributed by atoms with Gasteiger partial charge in [0.25, 0.3) is 11.5 Å². The summed E-state index contributed by atoms with van der Waals surface area (Å²) >= 11 is 0. The van der Waals surface area contributed by atoms with Crippen LogP contribution in [0.2, 0.25) is 0 Å². The summed E-state index contributed by atoms with van der Waals surface area (Å²) in [6, 6.07) is 26.5. The Bertz CT molecular complexity index is 1650. The molecule has 0 bridgehead atoms. The van der Waals surface area contributed by atoms with Crippen LogP contribution in [0.4, 0.5) is 0 Å². The molecule has 0 aliphatic rings. The van der Waals surface area contributed by atoms with Crippen molar-refractivity contribution >= 4 is 27.6 Å². The smallest absolute Gasteiger partial charge is 0.266 e. The highest BCUT2D eigenvalue weighted by Gasteiger charge is 2.26. The minimum absolute atomic E-state index is 0.121. The molecule has 1 aromatic heterocycles. The molecule has 1 heterocycles. The van der Waals surface area contributed by atoms with Crippen LogP contribution in [0.25, 0.3) is 27.4 Å². The van der Waals surface area contributed by atoms with Crippen molar-refractivity contribution in [3.63, 3.8) is 0 Å². The fraction of sp³-hybridized carbons (Fsp3) is 0.167. The number of rotatable bonds is 4. The van der Waals surface area contributed by atoms with E-state index < -0.39 is 6.04 Å². The summed E-state index contributed by atoms with van der Waals surface area (Å²) in [5.41, 5.74) is 3.96. The molecule has 0 radical (unpaired) electrons. The topological polar surface area (TPSA) is 55.2 Å². The first-order chi connectivity index (χ1) is 16.9. The van der Waals surface area contributed by atoms with Crippen molar-refractivity contribution in [1.82, 2.24) is 14.5 Å². The molecule has 0 saturated carbocycles. The standard InChI is InChI=1S/C30H27N3O2/c1-19-16-17-27(20(2)18-19)33-28(31-26-15-8-7-13-25(26)30(33)35)21(3)32(4)29(34)24-14-9-11-22-10-5-6-12-23(22)24/h5-18,21H,1-4H3. The van der Waals surface area contributed by atoms with Crippen LogP contribution in [0, 0.1) is 13.8 Å². The lowest BCUT2D eigenvalue weighted by Crippen LogP contribution is -2.35. The van der Waals surface area contributed by atoms with Gasteiger partial charge in [-0.2, -0.15) is 0 Å². The lowest BCUT2D eigenvalue weighted by Gasteiger charge is -2.28. The van der Waals surface area contributed by atoms with Gasteiger partial charge in [0.05, 0.1) is 22.6 Å².